The molecular weight excluding hydrogens is 429 g/mol. The van der Waals surface area contributed by atoms with Gasteiger partial charge in [-0.05, 0) is 49.6 Å². The zero-order chi connectivity index (χ0) is 23.4. The summed E-state index contributed by atoms with van der Waals surface area (Å²) in [6.07, 6.45) is -2.21. The molecule has 0 bridgehead atoms. The van der Waals surface area contributed by atoms with Gasteiger partial charge in [0, 0.05) is 43.5 Å². The lowest BCUT2D eigenvalue weighted by Gasteiger charge is -2.32. The molecular formula is C25H29F3N4O. The number of methoxy groups -OCH3 is 1. The van der Waals surface area contributed by atoms with E-state index < -0.39 is 11.7 Å². The lowest BCUT2D eigenvalue weighted by Crippen LogP contribution is -2.42. The molecule has 1 saturated heterocycles. The molecule has 176 valence electrons. The molecule has 3 aromatic rings. The largest absolute Gasteiger partial charge is 0.497 e. The summed E-state index contributed by atoms with van der Waals surface area (Å²) >= 11 is 0. The first kappa shape index (κ1) is 23.3. The Bertz CT molecular complexity index is 1040. The molecule has 0 amide bonds. The molecule has 2 heterocycles. The lowest BCUT2D eigenvalue weighted by atomic mass is 10.0. The molecule has 0 atom stereocenters. The quantitative estimate of drug-likeness (QED) is 0.513. The fourth-order valence-corrected chi connectivity index (χ4v) is 4.12. The number of alkyl halides is 3. The molecule has 0 aliphatic carbocycles. The number of likely N-dealkylation sites (tertiary alicyclic amines) is 1. The van der Waals surface area contributed by atoms with Gasteiger partial charge in [0.25, 0.3) is 0 Å². The highest BCUT2D eigenvalue weighted by Crippen LogP contribution is 2.30. The van der Waals surface area contributed by atoms with Gasteiger partial charge < -0.3 is 15.0 Å². The fourth-order valence-electron chi connectivity index (χ4n) is 4.12. The van der Waals surface area contributed by atoms with Gasteiger partial charge in [-0.2, -0.15) is 13.2 Å². The third-order valence-corrected chi connectivity index (χ3v) is 6.19. The minimum atomic E-state index is -4.33. The Balaban J connectivity index is 1.28. The molecule has 0 radical (unpaired) electrons. The zero-order valence-electron chi connectivity index (χ0n) is 18.9. The highest BCUT2D eigenvalue weighted by Gasteiger charge is 2.30. The zero-order valence-corrected chi connectivity index (χ0v) is 18.9. The van der Waals surface area contributed by atoms with Crippen LogP contribution in [0.2, 0.25) is 0 Å². The van der Waals surface area contributed by atoms with Crippen LogP contribution in [0.25, 0.3) is 11.4 Å². The van der Waals surface area contributed by atoms with Crippen molar-refractivity contribution in [3.8, 4) is 17.1 Å². The van der Waals surface area contributed by atoms with Crippen molar-refractivity contribution in [2.45, 2.75) is 45.1 Å². The normalized spacial score (nSPS) is 15.7. The third-order valence-electron chi connectivity index (χ3n) is 6.19. The van der Waals surface area contributed by atoms with Gasteiger partial charge in [0.1, 0.15) is 11.6 Å². The first-order valence-corrected chi connectivity index (χ1v) is 11.1. The van der Waals surface area contributed by atoms with Gasteiger partial charge in [-0.1, -0.05) is 24.3 Å². The van der Waals surface area contributed by atoms with Gasteiger partial charge >= 0.3 is 6.18 Å². The summed E-state index contributed by atoms with van der Waals surface area (Å²) in [6.45, 7) is 5.47. The van der Waals surface area contributed by atoms with Crippen LogP contribution in [-0.2, 0) is 19.3 Å². The maximum Gasteiger partial charge on any atom is 0.416 e. The molecule has 1 aromatic heterocycles. The predicted molar refractivity (Wildman–Crippen MR) is 122 cm³/mol. The predicted octanol–water partition coefficient (Wildman–Crippen LogP) is 5.17. The van der Waals surface area contributed by atoms with E-state index in [4.69, 9.17) is 4.74 Å². The molecule has 5 nitrogen and oxygen atoms in total. The Morgan fingerprint density at radius 2 is 1.73 bits per heavy atom. The summed E-state index contributed by atoms with van der Waals surface area (Å²) in [6, 6.07) is 13.7. The number of H-pyrrole nitrogens is 1. The van der Waals surface area contributed by atoms with Gasteiger partial charge in [0.2, 0.25) is 0 Å². The van der Waals surface area contributed by atoms with Gasteiger partial charge in [0.05, 0.1) is 18.4 Å². The van der Waals surface area contributed by atoms with Crippen molar-refractivity contribution in [2.75, 3.05) is 20.2 Å². The minimum absolute atomic E-state index is 0.478. The highest BCUT2D eigenvalue weighted by molar-refractivity contribution is 5.56. The molecule has 0 unspecified atom stereocenters. The molecule has 0 spiro atoms. The van der Waals surface area contributed by atoms with Crippen LogP contribution < -0.4 is 10.1 Å². The van der Waals surface area contributed by atoms with Crippen molar-refractivity contribution < 1.29 is 17.9 Å². The number of rotatable bonds is 7. The molecule has 0 saturated carbocycles. The number of nitrogens with one attached hydrogen (secondary N) is 2. The van der Waals surface area contributed by atoms with Crippen LogP contribution in [0.4, 0.5) is 13.2 Å². The van der Waals surface area contributed by atoms with Gasteiger partial charge in [-0.15, -0.1) is 0 Å². The van der Waals surface area contributed by atoms with Crippen molar-refractivity contribution in [3.05, 3.63) is 71.0 Å². The van der Waals surface area contributed by atoms with E-state index in [1.54, 1.807) is 7.11 Å². The van der Waals surface area contributed by atoms with Crippen molar-refractivity contribution >= 4 is 0 Å². The Labute approximate surface area is 192 Å². The number of benzene rings is 2. The van der Waals surface area contributed by atoms with Crippen LogP contribution in [0.3, 0.4) is 0 Å². The fraction of sp³-hybridized carbons (Fsp3) is 0.400. The Kier molecular flexibility index (Phi) is 7.05. The Hall–Kier alpha value is -2.84. The van der Waals surface area contributed by atoms with Crippen LogP contribution >= 0.6 is 0 Å². The van der Waals surface area contributed by atoms with E-state index in [2.05, 4.69) is 32.3 Å². The summed E-state index contributed by atoms with van der Waals surface area (Å²) in [7, 11) is 1.67. The first-order valence-electron chi connectivity index (χ1n) is 11.1. The topological polar surface area (TPSA) is 53.2 Å². The molecule has 1 aliphatic heterocycles. The van der Waals surface area contributed by atoms with Gasteiger partial charge in [0.15, 0.2) is 0 Å². The van der Waals surface area contributed by atoms with E-state index in [1.807, 2.05) is 19.1 Å². The number of piperidine rings is 1. The van der Waals surface area contributed by atoms with E-state index in [1.165, 1.54) is 17.7 Å². The maximum absolute atomic E-state index is 12.8. The standard InChI is InChI=1S/C25H29F3N4O/c1-17-23(31-24(30-17)19-5-7-20(8-6-19)25(26,27)28)16-32-13-11-21(12-14-32)29-15-18-3-9-22(33-2)10-4-18/h3-10,21,29H,11-16H2,1-2H3,(H,30,31). The maximum atomic E-state index is 12.8. The minimum Gasteiger partial charge on any atom is -0.497 e. The second kappa shape index (κ2) is 9.97. The summed E-state index contributed by atoms with van der Waals surface area (Å²) in [5.74, 6) is 1.47. The Morgan fingerprint density at radius 1 is 1.06 bits per heavy atom. The third kappa shape index (κ3) is 5.94. The van der Waals surface area contributed by atoms with Crippen molar-refractivity contribution in [1.82, 2.24) is 20.2 Å². The smallest absolute Gasteiger partial charge is 0.416 e. The number of nitrogens with zero attached hydrogens (tertiary/aromatic N) is 2. The number of ether oxygens (including phenoxy) is 1. The van der Waals surface area contributed by atoms with Crippen LogP contribution in [0.15, 0.2) is 48.5 Å². The number of imidazole rings is 1. The van der Waals surface area contributed by atoms with E-state index in [-0.39, 0.29) is 0 Å². The number of aromatic nitrogens is 2. The number of halogens is 3. The molecule has 4 rings (SSSR count). The van der Waals surface area contributed by atoms with Crippen molar-refractivity contribution in [1.29, 1.82) is 0 Å². The SMILES string of the molecule is COc1ccc(CNC2CCN(Cc3nc(-c4ccc(C(F)(F)F)cc4)[nH]c3C)CC2)cc1. The Morgan fingerprint density at radius 3 is 2.33 bits per heavy atom. The molecule has 8 heteroatoms. The number of hydrogen-bond donors (Lipinski definition) is 2. The van der Waals surface area contributed by atoms with E-state index >= 15 is 0 Å². The van der Waals surface area contributed by atoms with Crippen molar-refractivity contribution in [3.63, 3.8) is 0 Å². The average Bonchev–Trinajstić information content (AvgIpc) is 3.18. The van der Waals surface area contributed by atoms with Crippen LogP contribution in [0.1, 0.15) is 35.4 Å². The number of aryl methyl sites for hydroxylation is 1. The van der Waals surface area contributed by atoms with E-state index in [0.717, 1.165) is 68.3 Å². The number of hydrogen-bond acceptors (Lipinski definition) is 4. The number of aromatic amines is 1. The highest BCUT2D eigenvalue weighted by atomic mass is 19.4. The van der Waals surface area contributed by atoms with Crippen LogP contribution in [0.5, 0.6) is 5.75 Å². The average molecular weight is 459 g/mol. The summed E-state index contributed by atoms with van der Waals surface area (Å²) in [5, 5.41) is 3.64. The molecule has 1 fully saturated rings. The van der Waals surface area contributed by atoms with Crippen LogP contribution in [0, 0.1) is 6.92 Å². The van der Waals surface area contributed by atoms with E-state index in [0.29, 0.717) is 17.4 Å². The first-order chi connectivity index (χ1) is 15.8. The van der Waals surface area contributed by atoms with Gasteiger partial charge in [-0.25, -0.2) is 4.98 Å². The van der Waals surface area contributed by atoms with Crippen LogP contribution in [-0.4, -0.2) is 41.1 Å². The molecule has 1 aliphatic rings. The van der Waals surface area contributed by atoms with E-state index in [9.17, 15) is 13.2 Å². The molecule has 2 aromatic carbocycles. The molecule has 33 heavy (non-hydrogen) atoms. The van der Waals surface area contributed by atoms with Gasteiger partial charge in [-0.3, -0.25) is 4.90 Å². The summed E-state index contributed by atoms with van der Waals surface area (Å²) in [5.41, 5.74) is 3.12. The summed E-state index contributed by atoms with van der Waals surface area (Å²) < 4.78 is 43.6. The molecule has 2 N–H and O–H groups in total. The summed E-state index contributed by atoms with van der Waals surface area (Å²) in [4.78, 5) is 10.3. The second-order valence-electron chi connectivity index (χ2n) is 8.51. The monoisotopic (exact) mass is 458 g/mol. The van der Waals surface area contributed by atoms with Crippen molar-refractivity contribution in [2.24, 2.45) is 0 Å². The lowest BCUT2D eigenvalue weighted by molar-refractivity contribution is -0.137. The second-order valence-corrected chi connectivity index (χ2v) is 8.51.